The Balaban J connectivity index is 3.98. The van der Waals surface area contributed by atoms with Gasteiger partial charge in [-0.1, -0.05) is 26.2 Å². The molecule has 0 N–H and O–H groups in total. The normalized spacial score (nSPS) is 13.0. The van der Waals surface area contributed by atoms with Crippen molar-refractivity contribution < 1.29 is 16.8 Å². The quantitative estimate of drug-likeness (QED) is 0.624. The van der Waals surface area contributed by atoms with Gasteiger partial charge in [0.1, 0.15) is 0 Å². The topological polar surface area (TPSA) is 68.3 Å². The molecule has 0 saturated carbocycles. The van der Waals surface area contributed by atoms with Crippen molar-refractivity contribution in [3.05, 3.63) is 0 Å². The molecular formula is C8H18O4S2. The summed E-state index contributed by atoms with van der Waals surface area (Å²) >= 11 is 0. The first-order chi connectivity index (χ1) is 6.27. The lowest BCUT2D eigenvalue weighted by atomic mass is 10.2. The maximum absolute atomic E-state index is 11.2. The van der Waals surface area contributed by atoms with Gasteiger partial charge in [0.15, 0.2) is 24.8 Å². The molecular weight excluding hydrogens is 224 g/mol. The second-order valence-electron chi connectivity index (χ2n) is 3.55. The van der Waals surface area contributed by atoms with E-state index < -0.39 is 24.8 Å². The predicted molar refractivity (Wildman–Crippen MR) is 57.6 cm³/mol. The SMILES string of the molecule is CCCCCCS(=O)(=O)CS(C)(=O)=O. The fraction of sp³-hybridized carbons (Fsp3) is 1.00. The largest absolute Gasteiger partial charge is 0.228 e. The first kappa shape index (κ1) is 13.9. The molecule has 0 radical (unpaired) electrons. The lowest BCUT2D eigenvalue weighted by Crippen LogP contribution is -2.18. The monoisotopic (exact) mass is 242 g/mol. The highest BCUT2D eigenvalue weighted by molar-refractivity contribution is 8.07. The zero-order valence-electron chi connectivity index (χ0n) is 8.69. The third-order valence-electron chi connectivity index (χ3n) is 1.70. The Morgan fingerprint density at radius 3 is 1.93 bits per heavy atom. The maximum Gasteiger partial charge on any atom is 0.164 e. The van der Waals surface area contributed by atoms with Gasteiger partial charge in [-0.3, -0.25) is 0 Å². The molecule has 0 aromatic rings. The zero-order chi connectivity index (χ0) is 11.2. The molecule has 0 aliphatic carbocycles. The van der Waals surface area contributed by atoms with Crippen LogP contribution in [0, 0.1) is 0 Å². The van der Waals surface area contributed by atoms with Crippen molar-refractivity contribution in [1.82, 2.24) is 0 Å². The zero-order valence-corrected chi connectivity index (χ0v) is 10.3. The number of sulfone groups is 2. The molecule has 0 rings (SSSR count). The predicted octanol–water partition coefficient (Wildman–Crippen LogP) is 0.984. The summed E-state index contributed by atoms with van der Waals surface area (Å²) in [6.07, 6.45) is 4.38. The van der Waals surface area contributed by atoms with E-state index in [1.807, 2.05) is 6.92 Å². The van der Waals surface area contributed by atoms with Gasteiger partial charge >= 0.3 is 0 Å². The average Bonchev–Trinajstić information content (AvgIpc) is 1.93. The van der Waals surface area contributed by atoms with Gasteiger partial charge in [-0.2, -0.15) is 0 Å². The van der Waals surface area contributed by atoms with Crippen molar-refractivity contribution in [3.63, 3.8) is 0 Å². The Morgan fingerprint density at radius 2 is 1.50 bits per heavy atom. The number of hydrogen-bond acceptors (Lipinski definition) is 4. The van der Waals surface area contributed by atoms with E-state index in [0.717, 1.165) is 25.5 Å². The molecule has 0 amide bonds. The standard InChI is InChI=1S/C8H18O4S2/c1-3-4-5-6-7-14(11,12)8-13(2,9)10/h3-8H2,1-2H3. The third-order valence-corrected chi connectivity index (χ3v) is 5.76. The summed E-state index contributed by atoms with van der Waals surface area (Å²) in [6.45, 7) is 2.03. The van der Waals surface area contributed by atoms with Crippen LogP contribution >= 0.6 is 0 Å². The van der Waals surface area contributed by atoms with Crippen LogP contribution in [0.25, 0.3) is 0 Å². The minimum Gasteiger partial charge on any atom is -0.228 e. The van der Waals surface area contributed by atoms with Crippen LogP contribution in [0.4, 0.5) is 0 Å². The number of rotatable bonds is 7. The Labute approximate surface area is 86.5 Å². The number of hydrogen-bond donors (Lipinski definition) is 0. The van der Waals surface area contributed by atoms with Crippen LogP contribution < -0.4 is 0 Å². The van der Waals surface area contributed by atoms with E-state index in [4.69, 9.17) is 0 Å². The van der Waals surface area contributed by atoms with Crippen LogP contribution in [0.3, 0.4) is 0 Å². The van der Waals surface area contributed by atoms with Crippen LogP contribution in [0.15, 0.2) is 0 Å². The molecule has 0 fully saturated rings. The Bertz CT molecular complexity index is 340. The summed E-state index contributed by atoms with van der Waals surface area (Å²) in [5, 5.41) is -0.716. The van der Waals surface area contributed by atoms with Crippen LogP contribution in [-0.2, 0) is 19.7 Å². The van der Waals surface area contributed by atoms with E-state index in [1.165, 1.54) is 0 Å². The van der Waals surface area contributed by atoms with Crippen molar-refractivity contribution in [2.45, 2.75) is 32.6 Å². The first-order valence-electron chi connectivity index (χ1n) is 4.65. The maximum atomic E-state index is 11.2. The molecule has 0 unspecified atom stereocenters. The lowest BCUT2D eigenvalue weighted by Gasteiger charge is -2.02. The van der Waals surface area contributed by atoms with Gasteiger partial charge in [-0.15, -0.1) is 0 Å². The molecule has 0 aliphatic rings. The Hall–Kier alpha value is -0.100. The third kappa shape index (κ3) is 8.50. The molecule has 0 aromatic carbocycles. The number of unbranched alkanes of at least 4 members (excludes halogenated alkanes) is 3. The molecule has 0 aliphatic heterocycles. The van der Waals surface area contributed by atoms with Gasteiger partial charge < -0.3 is 0 Å². The minimum atomic E-state index is -3.41. The highest BCUT2D eigenvalue weighted by Gasteiger charge is 2.17. The molecule has 0 heterocycles. The molecule has 0 aromatic heterocycles. The van der Waals surface area contributed by atoms with E-state index in [9.17, 15) is 16.8 Å². The Morgan fingerprint density at radius 1 is 0.929 bits per heavy atom. The summed E-state index contributed by atoms with van der Waals surface area (Å²) in [5.74, 6) is -0.0138. The van der Waals surface area contributed by atoms with Crippen molar-refractivity contribution in [2.75, 3.05) is 17.1 Å². The van der Waals surface area contributed by atoms with Crippen molar-refractivity contribution >= 4 is 19.7 Å². The fourth-order valence-corrected chi connectivity index (χ4v) is 4.86. The van der Waals surface area contributed by atoms with Crippen LogP contribution in [0.2, 0.25) is 0 Å². The summed E-state index contributed by atoms with van der Waals surface area (Å²) in [6, 6.07) is 0. The second kappa shape index (κ2) is 5.70. The van der Waals surface area contributed by atoms with Gasteiger partial charge in [0, 0.05) is 6.26 Å². The van der Waals surface area contributed by atoms with E-state index in [2.05, 4.69) is 0 Å². The average molecular weight is 242 g/mol. The highest BCUT2D eigenvalue weighted by atomic mass is 32.3. The summed E-state index contributed by atoms with van der Waals surface area (Å²) < 4.78 is 44.0. The fourth-order valence-electron chi connectivity index (χ4n) is 1.13. The van der Waals surface area contributed by atoms with Gasteiger partial charge in [0.25, 0.3) is 0 Å². The molecule has 86 valence electrons. The van der Waals surface area contributed by atoms with Crippen LogP contribution in [-0.4, -0.2) is 33.9 Å². The highest BCUT2D eigenvalue weighted by Crippen LogP contribution is 2.04. The van der Waals surface area contributed by atoms with Gasteiger partial charge in [-0.05, 0) is 6.42 Å². The molecule has 0 bridgehead atoms. The first-order valence-corrected chi connectivity index (χ1v) is 8.53. The van der Waals surface area contributed by atoms with Crippen LogP contribution in [0.5, 0.6) is 0 Å². The molecule has 14 heavy (non-hydrogen) atoms. The van der Waals surface area contributed by atoms with Crippen molar-refractivity contribution in [2.24, 2.45) is 0 Å². The van der Waals surface area contributed by atoms with E-state index in [-0.39, 0.29) is 5.75 Å². The van der Waals surface area contributed by atoms with Crippen molar-refractivity contribution in [1.29, 1.82) is 0 Å². The van der Waals surface area contributed by atoms with Crippen molar-refractivity contribution in [3.8, 4) is 0 Å². The summed E-state index contributed by atoms with van der Waals surface area (Å²) in [7, 11) is -6.82. The van der Waals surface area contributed by atoms with Crippen LogP contribution in [0.1, 0.15) is 32.6 Å². The Kier molecular flexibility index (Phi) is 5.66. The smallest absolute Gasteiger partial charge is 0.164 e. The molecule has 0 atom stereocenters. The minimum absolute atomic E-state index is 0.0138. The molecule has 4 nitrogen and oxygen atoms in total. The lowest BCUT2D eigenvalue weighted by molar-refractivity contribution is 0.587. The summed E-state index contributed by atoms with van der Waals surface area (Å²) in [5.41, 5.74) is 0. The van der Waals surface area contributed by atoms with E-state index in [0.29, 0.717) is 6.42 Å². The van der Waals surface area contributed by atoms with Gasteiger partial charge in [0.05, 0.1) is 5.75 Å². The van der Waals surface area contributed by atoms with Gasteiger partial charge in [0.2, 0.25) is 0 Å². The molecule has 0 saturated heterocycles. The molecule has 6 heteroatoms. The van der Waals surface area contributed by atoms with E-state index >= 15 is 0 Å². The second-order valence-corrected chi connectivity index (χ2v) is 8.24. The van der Waals surface area contributed by atoms with Gasteiger partial charge in [-0.25, -0.2) is 16.8 Å². The molecule has 0 spiro atoms. The van der Waals surface area contributed by atoms with E-state index in [1.54, 1.807) is 0 Å². The summed E-state index contributed by atoms with van der Waals surface area (Å²) in [4.78, 5) is 0.